The number of thiazole rings is 1. The first-order valence-electron chi connectivity index (χ1n) is 10.5. The molecule has 1 aromatic heterocycles. The number of hydrogen-bond donors (Lipinski definition) is 2. The molecule has 0 spiro atoms. The van der Waals surface area contributed by atoms with Crippen LogP contribution in [0.25, 0.3) is 0 Å². The number of rotatable bonds is 3. The summed E-state index contributed by atoms with van der Waals surface area (Å²) in [4.78, 5) is 55.1. The molecule has 2 aliphatic heterocycles. The Balaban J connectivity index is 1.45. The quantitative estimate of drug-likeness (QED) is 0.640. The number of aliphatic carboxylic acids is 1. The Hall–Kier alpha value is -2.10. The molecule has 2 N–H and O–H groups in total. The summed E-state index contributed by atoms with van der Waals surface area (Å²) in [6.07, 6.45) is 0.772. The second-order valence-electron chi connectivity index (χ2n) is 9.07. The second kappa shape index (κ2) is 6.95. The highest BCUT2D eigenvalue weighted by atomic mass is 35.5. The minimum atomic E-state index is -1.18. The van der Waals surface area contributed by atoms with Gasteiger partial charge in [0.05, 0.1) is 16.9 Å². The topological polar surface area (TPSA) is 108 Å². The lowest BCUT2D eigenvalue weighted by atomic mass is 9.68. The van der Waals surface area contributed by atoms with E-state index in [1.807, 2.05) is 24.3 Å². The number of carbonyl (C=O) groups is 3. The fourth-order valence-electron chi connectivity index (χ4n) is 6.58. The molecule has 32 heavy (non-hydrogen) atoms. The minimum Gasteiger partial charge on any atom is -0.480 e. The van der Waals surface area contributed by atoms with Crippen LogP contribution in [0.15, 0.2) is 34.1 Å². The summed E-state index contributed by atoms with van der Waals surface area (Å²) < 4.78 is 0. The van der Waals surface area contributed by atoms with Crippen molar-refractivity contribution >= 4 is 52.5 Å². The number of halogens is 1. The Kier molecular flexibility index (Phi) is 4.45. The Morgan fingerprint density at radius 2 is 1.81 bits per heavy atom. The SMILES string of the molecule is C[C@H](C(=O)O)N1C(=O)[C@@H]2[C@@H]3C[C@@H]([C@H]4Sc5[nH]c(=O)sc5[C@H](c5ccc(Cl)cc5)[C@@H]34)[C@@H]2C1=O. The summed E-state index contributed by atoms with van der Waals surface area (Å²) in [5, 5.41) is 11.0. The van der Waals surface area contributed by atoms with Crippen LogP contribution in [0.4, 0.5) is 0 Å². The van der Waals surface area contributed by atoms with E-state index >= 15 is 0 Å². The van der Waals surface area contributed by atoms with Gasteiger partial charge in [0.25, 0.3) is 0 Å². The number of thioether (sulfide) groups is 1. The monoisotopic (exact) mass is 490 g/mol. The molecule has 2 aromatic rings. The molecule has 2 amide bonds. The summed E-state index contributed by atoms with van der Waals surface area (Å²) in [6, 6.07) is 6.44. The van der Waals surface area contributed by atoms with Gasteiger partial charge in [-0.3, -0.25) is 19.3 Å². The van der Waals surface area contributed by atoms with Crippen molar-refractivity contribution in [1.82, 2.24) is 9.88 Å². The smallest absolute Gasteiger partial charge is 0.326 e. The number of aromatic amines is 1. The van der Waals surface area contributed by atoms with Crippen molar-refractivity contribution in [2.45, 2.75) is 35.6 Å². The Bertz CT molecular complexity index is 1220. The van der Waals surface area contributed by atoms with Gasteiger partial charge in [0, 0.05) is 21.1 Å². The van der Waals surface area contributed by atoms with Gasteiger partial charge in [-0.25, -0.2) is 4.79 Å². The highest BCUT2D eigenvalue weighted by Crippen LogP contribution is 2.68. The average molecular weight is 491 g/mol. The van der Waals surface area contributed by atoms with Crippen LogP contribution < -0.4 is 4.87 Å². The fourth-order valence-corrected chi connectivity index (χ4v) is 9.59. The lowest BCUT2D eigenvalue weighted by Gasteiger charge is -2.43. The van der Waals surface area contributed by atoms with E-state index in [9.17, 15) is 24.3 Å². The average Bonchev–Trinajstić information content (AvgIpc) is 3.47. The highest BCUT2D eigenvalue weighted by Gasteiger charge is 2.70. The van der Waals surface area contributed by atoms with Crippen LogP contribution in [-0.4, -0.2) is 44.1 Å². The molecule has 0 unspecified atom stereocenters. The Labute approximate surface area is 196 Å². The number of likely N-dealkylation sites (tertiary alicyclic amines) is 1. The maximum absolute atomic E-state index is 13.3. The molecule has 3 heterocycles. The van der Waals surface area contributed by atoms with Gasteiger partial charge in [0.1, 0.15) is 6.04 Å². The number of fused-ring (bicyclic) bond motifs is 9. The summed E-state index contributed by atoms with van der Waals surface area (Å²) in [5.41, 5.74) is 1.04. The zero-order valence-corrected chi connectivity index (χ0v) is 19.2. The van der Waals surface area contributed by atoms with Crippen molar-refractivity contribution in [2.24, 2.45) is 29.6 Å². The van der Waals surface area contributed by atoms with Crippen LogP contribution in [0.2, 0.25) is 5.02 Å². The molecule has 2 aliphatic carbocycles. The van der Waals surface area contributed by atoms with Gasteiger partial charge in [0.15, 0.2) is 0 Å². The number of benzene rings is 1. The third kappa shape index (κ3) is 2.61. The number of amides is 2. The van der Waals surface area contributed by atoms with Gasteiger partial charge in [-0.15, -0.1) is 11.8 Å². The van der Waals surface area contributed by atoms with Crippen molar-refractivity contribution in [3.8, 4) is 0 Å². The fraction of sp³-hybridized carbons (Fsp3) is 0.455. The largest absolute Gasteiger partial charge is 0.480 e. The van der Waals surface area contributed by atoms with Gasteiger partial charge in [-0.05, 0) is 48.8 Å². The number of imide groups is 1. The molecule has 8 atom stereocenters. The van der Waals surface area contributed by atoms with E-state index in [2.05, 4.69) is 4.98 Å². The molecule has 4 aliphatic rings. The number of hydrogen-bond acceptors (Lipinski definition) is 6. The van der Waals surface area contributed by atoms with E-state index in [1.54, 1.807) is 11.8 Å². The lowest BCUT2D eigenvalue weighted by molar-refractivity contribution is -0.154. The number of nitrogens with zero attached hydrogens (tertiary/aromatic N) is 1. The summed E-state index contributed by atoms with van der Waals surface area (Å²) >= 11 is 8.93. The number of aromatic nitrogens is 1. The molecule has 10 heteroatoms. The van der Waals surface area contributed by atoms with Crippen molar-refractivity contribution < 1.29 is 19.5 Å². The molecule has 1 saturated heterocycles. The molecular formula is C22H19ClN2O5S2. The molecule has 7 nitrogen and oxygen atoms in total. The molecule has 0 radical (unpaired) electrons. The van der Waals surface area contributed by atoms with E-state index in [0.29, 0.717) is 5.02 Å². The summed E-state index contributed by atoms with van der Waals surface area (Å²) in [7, 11) is 0. The van der Waals surface area contributed by atoms with E-state index in [0.717, 1.165) is 26.8 Å². The molecule has 2 saturated carbocycles. The van der Waals surface area contributed by atoms with Crippen molar-refractivity contribution in [1.29, 1.82) is 0 Å². The zero-order chi connectivity index (χ0) is 22.5. The normalized spacial score (nSPS) is 35.6. The Morgan fingerprint density at radius 1 is 1.16 bits per heavy atom. The van der Waals surface area contributed by atoms with E-state index < -0.39 is 23.8 Å². The van der Waals surface area contributed by atoms with E-state index in [-0.39, 0.29) is 45.6 Å². The molecule has 3 fully saturated rings. The van der Waals surface area contributed by atoms with Crippen LogP contribution in [0.1, 0.15) is 29.7 Å². The maximum atomic E-state index is 13.3. The third-order valence-electron chi connectivity index (χ3n) is 7.73. The maximum Gasteiger partial charge on any atom is 0.326 e. The summed E-state index contributed by atoms with van der Waals surface area (Å²) in [6.45, 7) is 1.39. The van der Waals surface area contributed by atoms with E-state index in [1.165, 1.54) is 18.3 Å². The first kappa shape index (κ1) is 20.5. The number of carbonyl (C=O) groups excluding carboxylic acids is 2. The number of carboxylic acid groups (broad SMARTS) is 1. The second-order valence-corrected chi connectivity index (χ2v) is 11.7. The standard InChI is InChI=1S/C22H19ClN2O5S2/c1-7(21(28)29)25-19(26)14-10-6-11(15(14)20(25)27)16-13(10)12(8-2-4-9(23)5-3-8)17-18(31-16)24-22(30)32-17/h2-5,7,10-16H,6H2,1H3,(H,24,30)(H,28,29)/t7-,10-,11-,12-,13-,14-,15+,16-/m1/s1. The lowest BCUT2D eigenvalue weighted by Crippen LogP contribution is -2.44. The third-order valence-corrected chi connectivity index (χ3v) is 10.6. The van der Waals surface area contributed by atoms with Crippen LogP contribution in [0, 0.1) is 29.6 Å². The van der Waals surface area contributed by atoms with Crippen LogP contribution in [0.3, 0.4) is 0 Å². The minimum absolute atomic E-state index is 0.0196. The van der Waals surface area contributed by atoms with Crippen LogP contribution in [-0.2, 0) is 14.4 Å². The highest BCUT2D eigenvalue weighted by molar-refractivity contribution is 8.00. The summed E-state index contributed by atoms with van der Waals surface area (Å²) in [5.74, 6) is -2.87. The Morgan fingerprint density at radius 3 is 2.47 bits per heavy atom. The molecule has 2 bridgehead atoms. The molecule has 6 rings (SSSR count). The molecule has 166 valence electrons. The molecule has 1 aromatic carbocycles. The van der Waals surface area contributed by atoms with Gasteiger partial charge in [0.2, 0.25) is 11.8 Å². The predicted molar refractivity (Wildman–Crippen MR) is 119 cm³/mol. The van der Waals surface area contributed by atoms with Crippen molar-refractivity contribution in [2.75, 3.05) is 0 Å². The van der Waals surface area contributed by atoms with Gasteiger partial charge in [-0.1, -0.05) is 35.1 Å². The first-order valence-corrected chi connectivity index (χ1v) is 12.6. The molecular weight excluding hydrogens is 472 g/mol. The number of carboxylic acids is 1. The predicted octanol–water partition coefficient (Wildman–Crippen LogP) is 3.04. The van der Waals surface area contributed by atoms with Crippen molar-refractivity contribution in [3.63, 3.8) is 0 Å². The van der Waals surface area contributed by atoms with Gasteiger partial charge >= 0.3 is 10.8 Å². The van der Waals surface area contributed by atoms with Gasteiger partial charge in [-0.2, -0.15) is 0 Å². The van der Waals surface area contributed by atoms with Gasteiger partial charge < -0.3 is 10.1 Å². The number of nitrogens with one attached hydrogen (secondary N) is 1. The zero-order valence-electron chi connectivity index (χ0n) is 16.9. The van der Waals surface area contributed by atoms with Crippen molar-refractivity contribution in [3.05, 3.63) is 49.4 Å². The van der Waals surface area contributed by atoms with Crippen LogP contribution >= 0.6 is 34.7 Å². The van der Waals surface area contributed by atoms with Crippen LogP contribution in [0.5, 0.6) is 0 Å². The number of H-pyrrole nitrogens is 1. The van der Waals surface area contributed by atoms with E-state index in [4.69, 9.17) is 11.6 Å². The first-order chi connectivity index (χ1) is 15.3.